The molecule has 7 heteroatoms. The van der Waals surface area contributed by atoms with Crippen LogP contribution in [0, 0.1) is 17.0 Å². The number of rotatable bonds is 2. The summed E-state index contributed by atoms with van der Waals surface area (Å²) in [4.78, 5) is 24.6. The first-order valence-electron chi connectivity index (χ1n) is 4.48. The lowest BCUT2D eigenvalue weighted by atomic mass is 10.3. The third-order valence-electron chi connectivity index (χ3n) is 2.11. The van der Waals surface area contributed by atoms with Crippen molar-refractivity contribution in [3.05, 3.63) is 50.7 Å². The van der Waals surface area contributed by atoms with Crippen molar-refractivity contribution in [2.75, 3.05) is 0 Å². The average molecular weight is 220 g/mol. The molecule has 7 nitrogen and oxygen atoms in total. The van der Waals surface area contributed by atoms with Crippen LogP contribution in [0.2, 0.25) is 0 Å². The predicted octanol–water partition coefficient (Wildman–Crippen LogP) is 0.777. The minimum Gasteiger partial charge on any atom is -0.258 e. The van der Waals surface area contributed by atoms with Gasteiger partial charge in [-0.25, -0.2) is 14.6 Å². The highest BCUT2D eigenvalue weighted by molar-refractivity contribution is 5.40. The van der Waals surface area contributed by atoms with Gasteiger partial charge in [0.1, 0.15) is 5.82 Å². The second-order valence-electron chi connectivity index (χ2n) is 3.18. The molecular formula is C9H8N4O3. The van der Waals surface area contributed by atoms with Crippen LogP contribution in [-0.4, -0.2) is 19.7 Å². The Bertz CT molecular complexity index is 582. The summed E-state index contributed by atoms with van der Waals surface area (Å²) in [5.41, 5.74) is 0.178. The molecule has 0 spiro atoms. The van der Waals surface area contributed by atoms with Gasteiger partial charge in [-0.2, -0.15) is 4.98 Å². The summed E-state index contributed by atoms with van der Waals surface area (Å²) in [6.07, 6.45) is 0. The topological polar surface area (TPSA) is 93.8 Å². The van der Waals surface area contributed by atoms with Crippen LogP contribution in [0.3, 0.4) is 0 Å². The SMILES string of the molecule is Cc1nc(=O)[nH]n1-c1ccc([N+](=O)[O-])cc1. The minimum absolute atomic E-state index is 0.00358. The molecule has 0 fully saturated rings. The van der Waals surface area contributed by atoms with Crippen LogP contribution in [0.5, 0.6) is 0 Å². The Morgan fingerprint density at radius 2 is 2.00 bits per heavy atom. The molecule has 1 aromatic carbocycles. The monoisotopic (exact) mass is 220 g/mol. The second-order valence-corrected chi connectivity index (χ2v) is 3.18. The van der Waals surface area contributed by atoms with E-state index in [0.29, 0.717) is 11.5 Å². The van der Waals surface area contributed by atoms with Crippen molar-refractivity contribution >= 4 is 5.69 Å². The molecule has 82 valence electrons. The molecule has 1 heterocycles. The highest BCUT2D eigenvalue weighted by atomic mass is 16.6. The maximum atomic E-state index is 11.0. The number of nitro benzene ring substituents is 1. The summed E-state index contributed by atoms with van der Waals surface area (Å²) in [7, 11) is 0. The number of H-pyrrole nitrogens is 1. The Morgan fingerprint density at radius 3 is 2.44 bits per heavy atom. The number of nitrogens with zero attached hydrogens (tertiary/aromatic N) is 3. The van der Waals surface area contributed by atoms with Crippen molar-refractivity contribution in [3.63, 3.8) is 0 Å². The number of nitro groups is 1. The molecule has 1 N–H and O–H groups in total. The highest BCUT2D eigenvalue weighted by Crippen LogP contribution is 2.14. The molecular weight excluding hydrogens is 212 g/mol. The second kappa shape index (κ2) is 3.61. The molecule has 0 saturated heterocycles. The van der Waals surface area contributed by atoms with Crippen molar-refractivity contribution in [2.45, 2.75) is 6.92 Å². The Kier molecular flexibility index (Phi) is 2.28. The first kappa shape index (κ1) is 10.1. The van der Waals surface area contributed by atoms with Crippen LogP contribution in [0.4, 0.5) is 5.69 Å². The number of hydrogen-bond donors (Lipinski definition) is 1. The fourth-order valence-corrected chi connectivity index (χ4v) is 1.37. The molecule has 0 atom stereocenters. The molecule has 0 saturated carbocycles. The van der Waals surface area contributed by atoms with E-state index in [4.69, 9.17) is 0 Å². The van der Waals surface area contributed by atoms with Crippen molar-refractivity contribution in [1.82, 2.24) is 14.8 Å². The van der Waals surface area contributed by atoms with Crippen LogP contribution >= 0.6 is 0 Å². The van der Waals surface area contributed by atoms with Crippen molar-refractivity contribution < 1.29 is 4.92 Å². The van der Waals surface area contributed by atoms with Crippen LogP contribution in [0.25, 0.3) is 5.69 Å². The van der Waals surface area contributed by atoms with Crippen molar-refractivity contribution in [1.29, 1.82) is 0 Å². The van der Waals surface area contributed by atoms with Gasteiger partial charge in [0.15, 0.2) is 0 Å². The van der Waals surface area contributed by atoms with E-state index < -0.39 is 10.6 Å². The number of nitrogens with one attached hydrogen (secondary N) is 1. The van der Waals surface area contributed by atoms with E-state index in [0.717, 1.165) is 0 Å². The number of aryl methyl sites for hydroxylation is 1. The molecule has 0 amide bonds. The van der Waals surface area contributed by atoms with E-state index >= 15 is 0 Å². The Balaban J connectivity index is 2.46. The zero-order valence-corrected chi connectivity index (χ0v) is 8.38. The molecule has 1 aromatic heterocycles. The Labute approximate surface area is 89.5 Å². The quantitative estimate of drug-likeness (QED) is 0.597. The zero-order chi connectivity index (χ0) is 11.7. The lowest BCUT2D eigenvalue weighted by molar-refractivity contribution is -0.384. The molecule has 2 aromatic rings. The predicted molar refractivity (Wildman–Crippen MR) is 55.6 cm³/mol. The lowest BCUT2D eigenvalue weighted by Crippen LogP contribution is -2.05. The number of non-ortho nitro benzene ring substituents is 1. The number of benzene rings is 1. The molecule has 0 aliphatic carbocycles. The largest absolute Gasteiger partial charge is 0.361 e. The smallest absolute Gasteiger partial charge is 0.258 e. The molecule has 0 bridgehead atoms. The van der Waals surface area contributed by atoms with E-state index in [1.54, 1.807) is 19.1 Å². The van der Waals surface area contributed by atoms with Crippen LogP contribution in [-0.2, 0) is 0 Å². The highest BCUT2D eigenvalue weighted by Gasteiger charge is 2.07. The maximum Gasteiger partial charge on any atom is 0.361 e. The van der Waals surface area contributed by atoms with Gasteiger partial charge in [-0.05, 0) is 19.1 Å². The number of aromatic nitrogens is 3. The van der Waals surface area contributed by atoms with Crippen molar-refractivity contribution in [2.24, 2.45) is 0 Å². The first-order valence-corrected chi connectivity index (χ1v) is 4.48. The van der Waals surface area contributed by atoms with E-state index in [2.05, 4.69) is 10.1 Å². The fraction of sp³-hybridized carbons (Fsp3) is 0.111. The van der Waals surface area contributed by atoms with Gasteiger partial charge >= 0.3 is 5.69 Å². The molecule has 0 aliphatic rings. The average Bonchev–Trinajstić information content (AvgIpc) is 2.58. The summed E-state index contributed by atoms with van der Waals surface area (Å²) in [5.74, 6) is 0.499. The number of aromatic amines is 1. The van der Waals surface area contributed by atoms with Crippen molar-refractivity contribution in [3.8, 4) is 5.69 Å². The Morgan fingerprint density at radius 1 is 1.38 bits per heavy atom. The third kappa shape index (κ3) is 1.70. The van der Waals surface area contributed by atoms with Gasteiger partial charge < -0.3 is 0 Å². The summed E-state index contributed by atoms with van der Waals surface area (Å²) in [6.45, 7) is 1.67. The molecule has 0 unspecified atom stereocenters. The summed E-state index contributed by atoms with van der Waals surface area (Å²) < 4.78 is 1.46. The van der Waals surface area contributed by atoms with E-state index in [-0.39, 0.29) is 5.69 Å². The zero-order valence-electron chi connectivity index (χ0n) is 8.38. The van der Waals surface area contributed by atoms with Gasteiger partial charge in [0.05, 0.1) is 10.6 Å². The van der Waals surface area contributed by atoms with E-state index in [9.17, 15) is 14.9 Å². The number of hydrogen-bond acceptors (Lipinski definition) is 4. The summed E-state index contributed by atoms with van der Waals surface area (Å²) >= 11 is 0. The van der Waals surface area contributed by atoms with E-state index in [1.165, 1.54) is 16.8 Å². The van der Waals surface area contributed by atoms with Gasteiger partial charge in [0.25, 0.3) is 5.69 Å². The first-order chi connectivity index (χ1) is 7.58. The lowest BCUT2D eigenvalue weighted by Gasteiger charge is -2.02. The molecule has 16 heavy (non-hydrogen) atoms. The maximum absolute atomic E-state index is 11.0. The Hall–Kier alpha value is -2.44. The third-order valence-corrected chi connectivity index (χ3v) is 2.11. The molecule has 0 aliphatic heterocycles. The fourth-order valence-electron chi connectivity index (χ4n) is 1.37. The summed E-state index contributed by atoms with van der Waals surface area (Å²) in [6, 6.07) is 5.83. The molecule has 2 rings (SSSR count). The normalized spacial score (nSPS) is 10.3. The molecule has 0 radical (unpaired) electrons. The standard InChI is InChI=1S/C9H8N4O3/c1-6-10-9(14)11-12(6)7-2-4-8(5-3-7)13(15)16/h2-5H,1H3,(H,11,14). The van der Waals surface area contributed by atoms with E-state index in [1.807, 2.05) is 0 Å². The van der Waals surface area contributed by atoms with Crippen LogP contribution < -0.4 is 5.69 Å². The van der Waals surface area contributed by atoms with Crippen LogP contribution in [0.1, 0.15) is 5.82 Å². The van der Waals surface area contributed by atoms with Gasteiger partial charge in [-0.1, -0.05) is 0 Å². The van der Waals surface area contributed by atoms with Gasteiger partial charge in [0.2, 0.25) is 0 Å². The summed E-state index contributed by atoms with van der Waals surface area (Å²) in [5, 5.41) is 12.9. The van der Waals surface area contributed by atoms with Gasteiger partial charge in [0, 0.05) is 12.1 Å². The minimum atomic E-state index is -0.479. The van der Waals surface area contributed by atoms with Gasteiger partial charge in [-0.15, -0.1) is 0 Å². The van der Waals surface area contributed by atoms with Gasteiger partial charge in [-0.3, -0.25) is 10.1 Å². The van der Waals surface area contributed by atoms with Crippen LogP contribution in [0.15, 0.2) is 29.1 Å².